The predicted molar refractivity (Wildman–Crippen MR) is 103 cm³/mol. The van der Waals surface area contributed by atoms with Gasteiger partial charge in [0, 0.05) is 26.2 Å². The van der Waals surface area contributed by atoms with Crippen molar-refractivity contribution in [1.29, 1.82) is 0 Å². The van der Waals surface area contributed by atoms with Crippen molar-refractivity contribution in [2.75, 3.05) is 26.2 Å². The Morgan fingerprint density at radius 2 is 2.00 bits per heavy atom. The molecule has 0 bridgehead atoms. The Labute approximate surface area is 158 Å². The number of nitrogens with zero attached hydrogens (tertiary/aromatic N) is 4. The fourth-order valence-electron chi connectivity index (χ4n) is 4.97. The average molecular weight is 371 g/mol. The SMILES string of the molecule is O=C1N(CC2CCC2)CCC[C@@]12CCN(Cc1ccc3nsnc3c1)C2. The molecule has 6 heteroatoms. The molecule has 2 aliphatic heterocycles. The molecular formula is C20H26N4OS. The molecule has 1 saturated carbocycles. The van der Waals surface area contributed by atoms with Crippen LogP contribution in [0.25, 0.3) is 11.0 Å². The first-order valence-corrected chi connectivity index (χ1v) is 10.7. The minimum absolute atomic E-state index is 0.117. The maximum atomic E-state index is 13.2. The molecule has 0 unspecified atom stereocenters. The number of likely N-dealkylation sites (tertiary alicyclic amines) is 2. The monoisotopic (exact) mass is 370 g/mol. The summed E-state index contributed by atoms with van der Waals surface area (Å²) in [4.78, 5) is 17.9. The van der Waals surface area contributed by atoms with E-state index < -0.39 is 0 Å². The summed E-state index contributed by atoms with van der Waals surface area (Å²) in [6.45, 7) is 4.83. The Balaban J connectivity index is 1.26. The fourth-order valence-corrected chi connectivity index (χ4v) is 5.49. The van der Waals surface area contributed by atoms with E-state index in [2.05, 4.69) is 36.7 Å². The van der Waals surface area contributed by atoms with Crippen molar-refractivity contribution >= 4 is 28.7 Å². The van der Waals surface area contributed by atoms with E-state index in [0.29, 0.717) is 5.91 Å². The Morgan fingerprint density at radius 1 is 1.12 bits per heavy atom. The molecule has 2 aromatic rings. The number of aromatic nitrogens is 2. The number of carbonyl (C=O) groups excluding carboxylic acids is 1. The zero-order valence-electron chi connectivity index (χ0n) is 15.2. The van der Waals surface area contributed by atoms with Crippen LogP contribution in [0.15, 0.2) is 18.2 Å². The lowest BCUT2D eigenvalue weighted by molar-refractivity contribution is -0.146. The summed E-state index contributed by atoms with van der Waals surface area (Å²) in [5.74, 6) is 1.21. The summed E-state index contributed by atoms with van der Waals surface area (Å²) in [6, 6.07) is 6.36. The van der Waals surface area contributed by atoms with Crippen LogP contribution in [0.5, 0.6) is 0 Å². The molecule has 1 aromatic heterocycles. The summed E-state index contributed by atoms with van der Waals surface area (Å²) in [7, 11) is 0. The topological polar surface area (TPSA) is 49.3 Å². The molecule has 3 fully saturated rings. The van der Waals surface area contributed by atoms with Gasteiger partial charge in [0.15, 0.2) is 0 Å². The van der Waals surface area contributed by atoms with Gasteiger partial charge in [0.1, 0.15) is 11.0 Å². The molecule has 1 aromatic carbocycles. The van der Waals surface area contributed by atoms with Crippen LogP contribution in [0.4, 0.5) is 0 Å². The molecule has 3 aliphatic rings. The van der Waals surface area contributed by atoms with Gasteiger partial charge in [0.2, 0.25) is 5.91 Å². The van der Waals surface area contributed by atoms with Gasteiger partial charge in [0.05, 0.1) is 17.1 Å². The largest absolute Gasteiger partial charge is 0.342 e. The van der Waals surface area contributed by atoms with Crippen molar-refractivity contribution in [3.8, 4) is 0 Å². The van der Waals surface area contributed by atoms with Gasteiger partial charge in [0.25, 0.3) is 0 Å². The van der Waals surface area contributed by atoms with E-state index in [9.17, 15) is 4.79 Å². The fraction of sp³-hybridized carbons (Fsp3) is 0.650. The molecule has 0 N–H and O–H groups in total. The minimum Gasteiger partial charge on any atom is -0.342 e. The number of amides is 1. The number of hydrogen-bond acceptors (Lipinski definition) is 5. The normalized spacial score (nSPS) is 27.5. The third-order valence-electron chi connectivity index (χ3n) is 6.68. The van der Waals surface area contributed by atoms with E-state index in [4.69, 9.17) is 0 Å². The Morgan fingerprint density at radius 3 is 2.85 bits per heavy atom. The maximum absolute atomic E-state index is 13.2. The van der Waals surface area contributed by atoms with Crippen LogP contribution in [0, 0.1) is 11.3 Å². The molecule has 5 nitrogen and oxygen atoms in total. The van der Waals surface area contributed by atoms with Crippen molar-refractivity contribution in [3.63, 3.8) is 0 Å². The number of fused-ring (bicyclic) bond motifs is 1. The first kappa shape index (κ1) is 16.6. The van der Waals surface area contributed by atoms with Crippen molar-refractivity contribution in [1.82, 2.24) is 18.5 Å². The highest BCUT2D eigenvalue weighted by Crippen LogP contribution is 2.41. The summed E-state index contributed by atoms with van der Waals surface area (Å²) < 4.78 is 8.63. The van der Waals surface area contributed by atoms with E-state index in [1.807, 2.05) is 0 Å². The van der Waals surface area contributed by atoms with Gasteiger partial charge in [-0.15, -0.1) is 0 Å². The lowest BCUT2D eigenvalue weighted by atomic mass is 9.77. The van der Waals surface area contributed by atoms with Gasteiger partial charge in [-0.1, -0.05) is 12.5 Å². The number of hydrogen-bond donors (Lipinski definition) is 0. The predicted octanol–water partition coefficient (Wildman–Crippen LogP) is 3.31. The third kappa shape index (κ3) is 2.93. The average Bonchev–Trinajstić information content (AvgIpc) is 3.22. The number of carbonyl (C=O) groups is 1. The van der Waals surface area contributed by atoms with Crippen LogP contribution in [0.3, 0.4) is 0 Å². The van der Waals surface area contributed by atoms with E-state index >= 15 is 0 Å². The lowest BCUT2D eigenvalue weighted by Gasteiger charge is -2.42. The van der Waals surface area contributed by atoms with E-state index in [0.717, 1.165) is 62.5 Å². The van der Waals surface area contributed by atoms with Crippen molar-refractivity contribution in [2.45, 2.75) is 45.1 Å². The first-order chi connectivity index (χ1) is 12.7. The molecule has 3 heterocycles. The quantitative estimate of drug-likeness (QED) is 0.828. The van der Waals surface area contributed by atoms with Crippen molar-refractivity contribution in [3.05, 3.63) is 23.8 Å². The molecule has 1 spiro atoms. The first-order valence-electron chi connectivity index (χ1n) is 9.95. The highest BCUT2D eigenvalue weighted by molar-refractivity contribution is 7.00. The van der Waals surface area contributed by atoms with Gasteiger partial charge < -0.3 is 4.90 Å². The van der Waals surface area contributed by atoms with Crippen molar-refractivity contribution < 1.29 is 4.79 Å². The zero-order chi connectivity index (χ0) is 17.6. The Kier molecular flexibility index (Phi) is 4.20. The second-order valence-electron chi connectivity index (χ2n) is 8.48. The highest BCUT2D eigenvalue weighted by atomic mass is 32.1. The molecular weight excluding hydrogens is 344 g/mol. The Hall–Kier alpha value is -1.53. The molecule has 26 heavy (non-hydrogen) atoms. The van der Waals surface area contributed by atoms with Crippen LogP contribution < -0.4 is 0 Å². The molecule has 1 amide bonds. The van der Waals surface area contributed by atoms with Gasteiger partial charge in [-0.3, -0.25) is 9.69 Å². The van der Waals surface area contributed by atoms with Gasteiger partial charge in [-0.05, 0) is 62.3 Å². The van der Waals surface area contributed by atoms with Crippen LogP contribution in [-0.2, 0) is 11.3 Å². The van der Waals surface area contributed by atoms with Crippen LogP contribution in [0.1, 0.15) is 44.1 Å². The van der Waals surface area contributed by atoms with E-state index in [1.54, 1.807) is 0 Å². The molecule has 5 rings (SSSR count). The second-order valence-corrected chi connectivity index (χ2v) is 9.01. The molecule has 0 radical (unpaired) electrons. The summed E-state index contributed by atoms with van der Waals surface area (Å²) >= 11 is 1.27. The van der Waals surface area contributed by atoms with Gasteiger partial charge in [-0.2, -0.15) is 8.75 Å². The standard InChI is InChI=1S/C20H26N4OS/c25-19-20(7-2-9-24(19)13-15-3-1-4-15)8-10-23(14-20)12-16-5-6-17-18(11-16)22-26-21-17/h5-6,11,15H,1-4,7-10,12-14H2/t20-/m0/s1. The second kappa shape index (κ2) is 6.57. The highest BCUT2D eigenvalue weighted by Gasteiger charge is 2.48. The zero-order valence-corrected chi connectivity index (χ0v) is 16.0. The maximum Gasteiger partial charge on any atom is 0.230 e. The molecule has 138 valence electrons. The molecule has 1 atom stereocenters. The smallest absolute Gasteiger partial charge is 0.230 e. The minimum atomic E-state index is -0.117. The number of rotatable bonds is 4. The summed E-state index contributed by atoms with van der Waals surface area (Å²) in [5, 5.41) is 0. The van der Waals surface area contributed by atoms with Gasteiger partial charge >= 0.3 is 0 Å². The lowest BCUT2D eigenvalue weighted by Crippen LogP contribution is -2.51. The number of piperidine rings is 1. The Bertz CT molecular complexity index is 817. The third-order valence-corrected chi connectivity index (χ3v) is 7.24. The van der Waals surface area contributed by atoms with E-state index in [1.165, 1.54) is 43.0 Å². The van der Waals surface area contributed by atoms with Gasteiger partial charge in [-0.25, -0.2) is 0 Å². The van der Waals surface area contributed by atoms with E-state index in [-0.39, 0.29) is 5.41 Å². The summed E-state index contributed by atoms with van der Waals surface area (Å²) in [5.41, 5.74) is 3.12. The molecule has 1 aliphatic carbocycles. The molecule has 2 saturated heterocycles. The van der Waals surface area contributed by atoms with Crippen LogP contribution in [-0.4, -0.2) is 50.6 Å². The van der Waals surface area contributed by atoms with Crippen LogP contribution in [0.2, 0.25) is 0 Å². The van der Waals surface area contributed by atoms with Crippen LogP contribution >= 0.6 is 11.7 Å². The van der Waals surface area contributed by atoms with Crippen molar-refractivity contribution in [2.24, 2.45) is 11.3 Å². The summed E-state index contributed by atoms with van der Waals surface area (Å²) in [6.07, 6.45) is 7.24. The number of benzene rings is 1.